The minimum absolute atomic E-state index is 0.221. The number of halogens is 1. The summed E-state index contributed by atoms with van der Waals surface area (Å²) in [6.07, 6.45) is 2.63. The Bertz CT molecular complexity index is 904. The van der Waals surface area contributed by atoms with Crippen LogP contribution in [0.3, 0.4) is 0 Å². The average Bonchev–Trinajstić information content (AvgIpc) is 2.97. The van der Waals surface area contributed by atoms with Gasteiger partial charge in [0, 0.05) is 10.0 Å². The number of nitrogens with zero attached hydrogens (tertiary/aromatic N) is 1. The number of carbonyl (C=O) groups excluding carboxylic acids is 2. The second kappa shape index (κ2) is 8.48. The van der Waals surface area contributed by atoms with Crippen molar-refractivity contribution in [2.75, 3.05) is 11.9 Å². The summed E-state index contributed by atoms with van der Waals surface area (Å²) in [5, 5.41) is 2.91. The number of carbonyl (C=O) groups is 2. The van der Waals surface area contributed by atoms with E-state index in [-0.39, 0.29) is 11.9 Å². The van der Waals surface area contributed by atoms with Gasteiger partial charge in [0.1, 0.15) is 5.71 Å². The number of amides is 1. The molecule has 1 aliphatic rings. The van der Waals surface area contributed by atoms with Crippen molar-refractivity contribution in [1.29, 1.82) is 0 Å². The minimum Gasteiger partial charge on any atom is -0.462 e. The molecular formula is C21H21BrN2O3. The van der Waals surface area contributed by atoms with E-state index in [2.05, 4.69) is 26.2 Å². The second-order valence-corrected chi connectivity index (χ2v) is 7.21. The van der Waals surface area contributed by atoms with Gasteiger partial charge in [0.2, 0.25) is 0 Å². The number of nitrogens with one attached hydrogen (secondary N) is 1. The molecule has 0 fully saturated rings. The number of hydrogen-bond acceptors (Lipinski definition) is 4. The van der Waals surface area contributed by atoms with Crippen molar-refractivity contribution in [2.24, 2.45) is 4.99 Å². The van der Waals surface area contributed by atoms with E-state index in [1.807, 2.05) is 26.0 Å². The molecule has 1 aliphatic heterocycles. The van der Waals surface area contributed by atoms with E-state index in [9.17, 15) is 9.59 Å². The van der Waals surface area contributed by atoms with Crippen molar-refractivity contribution in [2.45, 2.75) is 33.1 Å². The van der Waals surface area contributed by atoms with Gasteiger partial charge >= 0.3 is 5.97 Å². The van der Waals surface area contributed by atoms with Crippen LogP contribution < -0.4 is 5.32 Å². The Morgan fingerprint density at radius 2 is 1.93 bits per heavy atom. The maximum absolute atomic E-state index is 12.4. The quantitative estimate of drug-likeness (QED) is 0.517. The van der Waals surface area contributed by atoms with Gasteiger partial charge in [0.25, 0.3) is 5.91 Å². The molecule has 0 saturated heterocycles. The van der Waals surface area contributed by atoms with Crippen molar-refractivity contribution >= 4 is 44.9 Å². The number of hydrogen-bond donors (Lipinski definition) is 1. The zero-order valence-electron chi connectivity index (χ0n) is 15.3. The SMILES string of the molecule is CCCCOC(=O)c1ccc(N=C2C(=O)Nc3c(CC)cc(Br)cc32)cc1. The van der Waals surface area contributed by atoms with Crippen LogP contribution >= 0.6 is 15.9 Å². The van der Waals surface area contributed by atoms with Gasteiger partial charge in [-0.3, -0.25) is 4.79 Å². The van der Waals surface area contributed by atoms with E-state index in [1.54, 1.807) is 24.3 Å². The van der Waals surface area contributed by atoms with Gasteiger partial charge in [-0.25, -0.2) is 9.79 Å². The molecule has 1 amide bonds. The normalized spacial score (nSPS) is 14.2. The second-order valence-electron chi connectivity index (χ2n) is 6.29. The minimum atomic E-state index is -0.344. The fourth-order valence-corrected chi connectivity index (χ4v) is 3.38. The van der Waals surface area contributed by atoms with Gasteiger partial charge in [-0.05, 0) is 54.8 Å². The number of aliphatic imine (C=N–C) groups is 1. The van der Waals surface area contributed by atoms with Crippen molar-refractivity contribution in [3.8, 4) is 0 Å². The highest BCUT2D eigenvalue weighted by molar-refractivity contribution is 9.10. The van der Waals surface area contributed by atoms with Gasteiger partial charge in [-0.15, -0.1) is 0 Å². The lowest BCUT2D eigenvalue weighted by atomic mass is 10.0. The third-order valence-electron chi connectivity index (χ3n) is 4.35. The maximum atomic E-state index is 12.4. The number of rotatable bonds is 6. The largest absolute Gasteiger partial charge is 0.462 e. The van der Waals surface area contributed by atoms with Crippen LogP contribution in [0.15, 0.2) is 45.9 Å². The van der Waals surface area contributed by atoms with Gasteiger partial charge in [-0.1, -0.05) is 36.2 Å². The van der Waals surface area contributed by atoms with Crippen LogP contribution in [0.25, 0.3) is 0 Å². The molecule has 2 aromatic rings. The molecule has 0 aliphatic carbocycles. The Labute approximate surface area is 167 Å². The summed E-state index contributed by atoms with van der Waals surface area (Å²) >= 11 is 3.50. The van der Waals surface area contributed by atoms with Crippen LogP contribution in [-0.2, 0) is 16.0 Å². The smallest absolute Gasteiger partial charge is 0.338 e. The first-order valence-corrected chi connectivity index (χ1v) is 9.82. The topological polar surface area (TPSA) is 67.8 Å². The summed E-state index contributed by atoms with van der Waals surface area (Å²) in [6.45, 7) is 4.51. The van der Waals surface area contributed by atoms with Gasteiger partial charge in [0.15, 0.2) is 0 Å². The molecule has 1 heterocycles. The summed E-state index contributed by atoms with van der Waals surface area (Å²) in [5.74, 6) is -0.566. The van der Waals surface area contributed by atoms with Crippen LogP contribution in [0.1, 0.15) is 48.2 Å². The van der Waals surface area contributed by atoms with Gasteiger partial charge in [0.05, 0.1) is 23.5 Å². The lowest BCUT2D eigenvalue weighted by Gasteiger charge is -2.06. The summed E-state index contributed by atoms with van der Waals surface area (Å²) < 4.78 is 6.11. The van der Waals surface area contributed by atoms with Crippen LogP contribution in [0, 0.1) is 0 Å². The van der Waals surface area contributed by atoms with Crippen molar-refractivity contribution in [3.63, 3.8) is 0 Å². The molecule has 2 aromatic carbocycles. The standard InChI is InChI=1S/C21H21BrN2O3/c1-3-5-10-27-21(26)14-6-8-16(9-7-14)23-19-17-12-15(22)11-13(4-2)18(17)24-20(19)25/h6-9,11-12H,3-5,10H2,1-2H3,(H,23,24,25). The Hall–Kier alpha value is -2.47. The molecule has 5 nitrogen and oxygen atoms in total. The number of fused-ring (bicyclic) bond motifs is 1. The molecule has 6 heteroatoms. The number of esters is 1. The van der Waals surface area contributed by atoms with E-state index in [1.165, 1.54) is 0 Å². The number of unbranched alkanes of at least 4 members (excludes halogenated alkanes) is 1. The average molecular weight is 429 g/mol. The molecule has 3 rings (SSSR count). The molecule has 0 saturated carbocycles. The van der Waals surface area contributed by atoms with E-state index in [4.69, 9.17) is 4.74 Å². The first-order valence-electron chi connectivity index (χ1n) is 9.03. The Balaban J connectivity index is 1.85. The molecule has 0 atom stereocenters. The number of anilines is 1. The summed E-state index contributed by atoms with van der Waals surface area (Å²) in [4.78, 5) is 28.9. The van der Waals surface area contributed by atoms with Gasteiger partial charge in [-0.2, -0.15) is 0 Å². The summed E-state index contributed by atoms with van der Waals surface area (Å²) in [6, 6.07) is 10.7. The number of aryl methyl sites for hydroxylation is 1. The molecule has 27 heavy (non-hydrogen) atoms. The Kier molecular flexibility index (Phi) is 6.06. The van der Waals surface area contributed by atoms with Crippen LogP contribution in [-0.4, -0.2) is 24.2 Å². The molecule has 0 radical (unpaired) electrons. The van der Waals surface area contributed by atoms with Crippen molar-refractivity contribution in [3.05, 3.63) is 57.6 Å². The van der Waals surface area contributed by atoms with Crippen molar-refractivity contribution in [1.82, 2.24) is 0 Å². The molecule has 0 spiro atoms. The summed E-state index contributed by atoms with van der Waals surface area (Å²) in [5.41, 5.74) is 4.12. The third kappa shape index (κ3) is 4.27. The predicted molar refractivity (Wildman–Crippen MR) is 110 cm³/mol. The number of ether oxygens (including phenoxy) is 1. The van der Waals surface area contributed by atoms with E-state index >= 15 is 0 Å². The van der Waals surface area contributed by atoms with Crippen LogP contribution in [0.2, 0.25) is 0 Å². The fraction of sp³-hybridized carbons (Fsp3) is 0.286. The number of benzene rings is 2. The third-order valence-corrected chi connectivity index (χ3v) is 4.81. The van der Waals surface area contributed by atoms with E-state index in [0.29, 0.717) is 23.6 Å². The molecule has 0 unspecified atom stereocenters. The maximum Gasteiger partial charge on any atom is 0.338 e. The predicted octanol–water partition coefficient (Wildman–Crippen LogP) is 5.04. The molecule has 1 N–H and O–H groups in total. The van der Waals surface area contributed by atoms with Crippen molar-refractivity contribution < 1.29 is 14.3 Å². The lowest BCUT2D eigenvalue weighted by Crippen LogP contribution is -2.14. The van der Waals surface area contributed by atoms with Crippen LogP contribution in [0.4, 0.5) is 11.4 Å². The Morgan fingerprint density at radius 1 is 1.19 bits per heavy atom. The molecule has 0 bridgehead atoms. The fourth-order valence-electron chi connectivity index (χ4n) is 2.88. The first kappa shape index (κ1) is 19.3. The van der Waals surface area contributed by atoms with E-state index < -0.39 is 0 Å². The molecule has 0 aromatic heterocycles. The zero-order valence-corrected chi connectivity index (χ0v) is 16.9. The van der Waals surface area contributed by atoms with Gasteiger partial charge < -0.3 is 10.1 Å². The molecule has 140 valence electrons. The lowest BCUT2D eigenvalue weighted by molar-refractivity contribution is -0.110. The van der Waals surface area contributed by atoms with Crippen LogP contribution in [0.5, 0.6) is 0 Å². The Morgan fingerprint density at radius 3 is 2.59 bits per heavy atom. The first-order chi connectivity index (χ1) is 13.0. The zero-order chi connectivity index (χ0) is 19.4. The highest BCUT2D eigenvalue weighted by atomic mass is 79.9. The van der Waals surface area contributed by atoms with E-state index in [0.717, 1.165) is 40.5 Å². The highest BCUT2D eigenvalue weighted by Gasteiger charge is 2.28. The monoisotopic (exact) mass is 428 g/mol. The highest BCUT2D eigenvalue weighted by Crippen LogP contribution is 2.33. The molecular weight excluding hydrogens is 408 g/mol. The summed E-state index contributed by atoms with van der Waals surface area (Å²) in [7, 11) is 0.